The molecule has 2 aliphatic rings. The Balaban J connectivity index is 1.55. The SMILES string of the molecule is O=C(NCC1CCCO1)c1ccccc1SCC(=O)N1CCCC1. The maximum absolute atomic E-state index is 12.4. The molecular weight excluding hydrogens is 324 g/mol. The molecule has 3 rings (SSSR count). The molecule has 1 atom stereocenters. The molecule has 6 heteroatoms. The van der Waals surface area contributed by atoms with Crippen molar-refractivity contribution in [2.75, 3.05) is 32.0 Å². The summed E-state index contributed by atoms with van der Waals surface area (Å²) in [6.07, 6.45) is 4.38. The quantitative estimate of drug-likeness (QED) is 0.802. The average Bonchev–Trinajstić information content (AvgIpc) is 3.31. The number of hydrogen-bond acceptors (Lipinski definition) is 4. The number of nitrogens with one attached hydrogen (secondary N) is 1. The number of rotatable bonds is 6. The lowest BCUT2D eigenvalue weighted by Crippen LogP contribution is -2.32. The smallest absolute Gasteiger partial charge is 0.252 e. The van der Waals surface area contributed by atoms with Crippen LogP contribution in [0.3, 0.4) is 0 Å². The molecule has 2 heterocycles. The summed E-state index contributed by atoms with van der Waals surface area (Å²) in [5, 5.41) is 2.95. The summed E-state index contributed by atoms with van der Waals surface area (Å²) in [7, 11) is 0. The van der Waals surface area contributed by atoms with Gasteiger partial charge in [0.1, 0.15) is 0 Å². The molecule has 1 N–H and O–H groups in total. The van der Waals surface area contributed by atoms with E-state index in [2.05, 4.69) is 5.32 Å². The minimum atomic E-state index is -0.0952. The van der Waals surface area contributed by atoms with Gasteiger partial charge in [0.05, 0.1) is 17.4 Å². The first-order valence-electron chi connectivity index (χ1n) is 8.63. The monoisotopic (exact) mass is 348 g/mol. The van der Waals surface area contributed by atoms with Gasteiger partial charge in [0, 0.05) is 31.1 Å². The van der Waals surface area contributed by atoms with Crippen molar-refractivity contribution in [3.63, 3.8) is 0 Å². The van der Waals surface area contributed by atoms with Crippen LogP contribution in [0.5, 0.6) is 0 Å². The first-order valence-corrected chi connectivity index (χ1v) is 9.62. The minimum Gasteiger partial charge on any atom is -0.376 e. The van der Waals surface area contributed by atoms with Crippen molar-refractivity contribution in [1.29, 1.82) is 0 Å². The standard InChI is InChI=1S/C18H24N2O3S/c21-17(20-9-3-4-10-20)13-24-16-8-2-1-7-15(16)18(22)19-12-14-6-5-11-23-14/h1-2,7-8,14H,3-6,9-13H2,(H,19,22). The molecule has 0 aromatic heterocycles. The summed E-state index contributed by atoms with van der Waals surface area (Å²) in [5.74, 6) is 0.449. The molecule has 1 unspecified atom stereocenters. The molecule has 2 amide bonds. The number of benzene rings is 1. The Labute approximate surface area is 147 Å². The summed E-state index contributed by atoms with van der Waals surface area (Å²) < 4.78 is 5.54. The van der Waals surface area contributed by atoms with Crippen molar-refractivity contribution in [3.05, 3.63) is 29.8 Å². The Morgan fingerprint density at radius 3 is 2.75 bits per heavy atom. The van der Waals surface area contributed by atoms with Crippen molar-refractivity contribution >= 4 is 23.6 Å². The van der Waals surface area contributed by atoms with Crippen molar-refractivity contribution in [2.24, 2.45) is 0 Å². The van der Waals surface area contributed by atoms with Gasteiger partial charge in [0.15, 0.2) is 0 Å². The van der Waals surface area contributed by atoms with Crippen molar-refractivity contribution in [3.8, 4) is 0 Å². The van der Waals surface area contributed by atoms with E-state index in [0.717, 1.165) is 50.3 Å². The van der Waals surface area contributed by atoms with Gasteiger partial charge >= 0.3 is 0 Å². The summed E-state index contributed by atoms with van der Waals surface area (Å²) in [4.78, 5) is 27.4. The average molecular weight is 348 g/mol. The van der Waals surface area contributed by atoms with E-state index >= 15 is 0 Å². The summed E-state index contributed by atoms with van der Waals surface area (Å²) in [5.41, 5.74) is 0.634. The second-order valence-electron chi connectivity index (χ2n) is 6.22. The van der Waals surface area contributed by atoms with E-state index in [1.807, 2.05) is 29.2 Å². The number of carbonyl (C=O) groups is 2. The fourth-order valence-corrected chi connectivity index (χ4v) is 4.04. The number of carbonyl (C=O) groups excluding carboxylic acids is 2. The first kappa shape index (κ1) is 17.3. The zero-order valence-corrected chi connectivity index (χ0v) is 14.6. The number of likely N-dealkylation sites (tertiary alicyclic amines) is 1. The second-order valence-corrected chi connectivity index (χ2v) is 7.23. The third kappa shape index (κ3) is 4.51. The molecule has 1 aromatic rings. The Morgan fingerprint density at radius 2 is 2.00 bits per heavy atom. The summed E-state index contributed by atoms with van der Waals surface area (Å²) in [6, 6.07) is 7.48. The maximum atomic E-state index is 12.4. The highest BCUT2D eigenvalue weighted by molar-refractivity contribution is 8.00. The fourth-order valence-electron chi connectivity index (χ4n) is 3.08. The van der Waals surface area contributed by atoms with Crippen molar-refractivity contribution in [1.82, 2.24) is 10.2 Å². The summed E-state index contributed by atoms with van der Waals surface area (Å²) in [6.45, 7) is 3.06. The number of hydrogen-bond donors (Lipinski definition) is 1. The highest BCUT2D eigenvalue weighted by Crippen LogP contribution is 2.24. The van der Waals surface area contributed by atoms with Gasteiger partial charge in [0.2, 0.25) is 5.91 Å². The minimum absolute atomic E-state index is 0.0952. The van der Waals surface area contributed by atoms with Gasteiger partial charge in [-0.1, -0.05) is 12.1 Å². The molecular formula is C18H24N2O3S. The molecule has 1 aromatic carbocycles. The Bertz CT molecular complexity index is 581. The van der Waals surface area contributed by atoms with Gasteiger partial charge in [-0.05, 0) is 37.8 Å². The van der Waals surface area contributed by atoms with Crippen LogP contribution in [-0.2, 0) is 9.53 Å². The molecule has 0 bridgehead atoms. The number of ether oxygens (including phenoxy) is 1. The zero-order valence-electron chi connectivity index (χ0n) is 13.8. The van der Waals surface area contributed by atoms with Crippen LogP contribution in [0.25, 0.3) is 0 Å². The Hall–Kier alpha value is -1.53. The molecule has 0 spiro atoms. The number of thioether (sulfide) groups is 1. The maximum Gasteiger partial charge on any atom is 0.252 e. The number of nitrogens with zero attached hydrogens (tertiary/aromatic N) is 1. The predicted octanol–water partition coefficient (Wildman–Crippen LogP) is 2.31. The van der Waals surface area contributed by atoms with E-state index in [4.69, 9.17) is 4.74 Å². The van der Waals surface area contributed by atoms with Crippen LogP contribution in [0, 0.1) is 0 Å². The zero-order chi connectivity index (χ0) is 16.8. The molecule has 0 radical (unpaired) electrons. The van der Waals surface area contributed by atoms with Gasteiger partial charge in [-0.15, -0.1) is 11.8 Å². The molecule has 2 fully saturated rings. The van der Waals surface area contributed by atoms with Crippen LogP contribution >= 0.6 is 11.8 Å². The fraction of sp³-hybridized carbons (Fsp3) is 0.556. The summed E-state index contributed by atoms with van der Waals surface area (Å²) >= 11 is 1.45. The lowest BCUT2D eigenvalue weighted by atomic mass is 10.2. The third-order valence-corrected chi connectivity index (χ3v) is 5.51. The van der Waals surface area contributed by atoms with Crippen LogP contribution < -0.4 is 5.32 Å². The van der Waals surface area contributed by atoms with Gasteiger partial charge < -0.3 is 15.0 Å². The molecule has 24 heavy (non-hydrogen) atoms. The van der Waals surface area contributed by atoms with Gasteiger partial charge in [0.25, 0.3) is 5.91 Å². The highest BCUT2D eigenvalue weighted by Gasteiger charge is 2.20. The first-order chi connectivity index (χ1) is 11.7. The Kier molecular flexibility index (Phi) is 6.15. The van der Waals surface area contributed by atoms with Gasteiger partial charge in [-0.3, -0.25) is 9.59 Å². The number of amides is 2. The van der Waals surface area contributed by atoms with Crippen LogP contribution in [0.1, 0.15) is 36.0 Å². The van der Waals surface area contributed by atoms with Crippen LogP contribution in [0.4, 0.5) is 0 Å². The topological polar surface area (TPSA) is 58.6 Å². The third-order valence-electron chi connectivity index (χ3n) is 4.46. The van der Waals surface area contributed by atoms with Gasteiger partial charge in [-0.25, -0.2) is 0 Å². The van der Waals surface area contributed by atoms with Crippen LogP contribution in [-0.4, -0.2) is 54.8 Å². The molecule has 5 nitrogen and oxygen atoms in total. The lowest BCUT2D eigenvalue weighted by molar-refractivity contribution is -0.127. The van der Waals surface area contributed by atoms with E-state index < -0.39 is 0 Å². The van der Waals surface area contributed by atoms with Crippen LogP contribution in [0.2, 0.25) is 0 Å². The molecule has 130 valence electrons. The van der Waals surface area contributed by atoms with Crippen LogP contribution in [0.15, 0.2) is 29.2 Å². The van der Waals surface area contributed by atoms with Crippen molar-refractivity contribution in [2.45, 2.75) is 36.7 Å². The largest absolute Gasteiger partial charge is 0.376 e. The highest BCUT2D eigenvalue weighted by atomic mass is 32.2. The molecule has 0 saturated carbocycles. The normalized spacial score (nSPS) is 20.3. The predicted molar refractivity (Wildman–Crippen MR) is 94.3 cm³/mol. The van der Waals surface area contributed by atoms with E-state index in [1.54, 1.807) is 0 Å². The lowest BCUT2D eigenvalue weighted by Gasteiger charge is -2.16. The van der Waals surface area contributed by atoms with E-state index in [-0.39, 0.29) is 17.9 Å². The van der Waals surface area contributed by atoms with Crippen molar-refractivity contribution < 1.29 is 14.3 Å². The van der Waals surface area contributed by atoms with E-state index in [1.165, 1.54) is 11.8 Å². The Morgan fingerprint density at radius 1 is 1.21 bits per heavy atom. The van der Waals surface area contributed by atoms with E-state index in [9.17, 15) is 9.59 Å². The molecule has 2 aliphatic heterocycles. The molecule has 2 saturated heterocycles. The van der Waals surface area contributed by atoms with Gasteiger partial charge in [-0.2, -0.15) is 0 Å². The molecule has 0 aliphatic carbocycles. The second kappa shape index (κ2) is 8.53. The van der Waals surface area contributed by atoms with E-state index in [0.29, 0.717) is 17.9 Å².